The topological polar surface area (TPSA) is 0 Å². The molecular formula is C40H24. The van der Waals surface area contributed by atoms with E-state index in [0.29, 0.717) is 0 Å². The van der Waals surface area contributed by atoms with Crippen molar-refractivity contribution in [2.45, 2.75) is 0 Å². The Kier molecular flexibility index (Phi) is 4.42. The van der Waals surface area contributed by atoms with E-state index in [-0.39, 0.29) is 0 Å². The lowest BCUT2D eigenvalue weighted by molar-refractivity contribution is 1.60. The van der Waals surface area contributed by atoms with E-state index in [0.717, 1.165) is 0 Å². The number of fused-ring (bicyclic) bond motifs is 8. The molecule has 0 spiro atoms. The molecule has 0 bridgehead atoms. The van der Waals surface area contributed by atoms with E-state index in [9.17, 15) is 0 Å². The van der Waals surface area contributed by atoms with Crippen LogP contribution in [0.2, 0.25) is 0 Å². The first kappa shape index (κ1) is 21.7. The van der Waals surface area contributed by atoms with E-state index in [2.05, 4.69) is 146 Å². The largest absolute Gasteiger partial charge is 0.0622 e. The highest BCUT2D eigenvalue weighted by molar-refractivity contribution is 6.27. The molecule has 0 heteroatoms. The van der Waals surface area contributed by atoms with Gasteiger partial charge in [-0.05, 0) is 118 Å². The summed E-state index contributed by atoms with van der Waals surface area (Å²) in [6, 6.07) is 53.8. The molecule has 0 radical (unpaired) electrons. The summed E-state index contributed by atoms with van der Waals surface area (Å²) in [5.41, 5.74) is 10.4. The maximum absolute atomic E-state index is 2.44. The second kappa shape index (κ2) is 8.15. The van der Waals surface area contributed by atoms with Crippen molar-refractivity contribution in [2.24, 2.45) is 0 Å². The molecule has 9 rings (SSSR count). The number of hydrogen-bond acceptors (Lipinski definition) is 0. The third-order valence-electron chi connectivity index (χ3n) is 8.75. The van der Waals surface area contributed by atoms with Crippen molar-refractivity contribution in [3.8, 4) is 44.5 Å². The Morgan fingerprint density at radius 1 is 0.250 bits per heavy atom. The molecule has 0 atom stereocenters. The highest BCUT2D eigenvalue weighted by atomic mass is 14.3. The Morgan fingerprint density at radius 2 is 0.825 bits per heavy atom. The molecule has 0 amide bonds. The summed E-state index contributed by atoms with van der Waals surface area (Å²) in [6.07, 6.45) is 0. The highest BCUT2D eigenvalue weighted by Gasteiger charge is 2.24. The number of hydrogen-bond donors (Lipinski definition) is 0. The third-order valence-corrected chi connectivity index (χ3v) is 8.75. The van der Waals surface area contributed by atoms with E-state index in [1.165, 1.54) is 87.6 Å². The van der Waals surface area contributed by atoms with Gasteiger partial charge in [-0.15, -0.1) is 0 Å². The summed E-state index contributed by atoms with van der Waals surface area (Å²) >= 11 is 0. The van der Waals surface area contributed by atoms with Crippen LogP contribution in [0.15, 0.2) is 146 Å². The zero-order valence-corrected chi connectivity index (χ0v) is 21.9. The van der Waals surface area contributed by atoms with Gasteiger partial charge in [-0.25, -0.2) is 0 Å². The minimum atomic E-state index is 1.24. The second-order valence-corrected chi connectivity index (χ2v) is 10.9. The molecule has 0 saturated carbocycles. The van der Waals surface area contributed by atoms with Crippen LogP contribution >= 0.6 is 0 Å². The first-order valence-electron chi connectivity index (χ1n) is 13.9. The van der Waals surface area contributed by atoms with Gasteiger partial charge in [0.15, 0.2) is 0 Å². The van der Waals surface area contributed by atoms with Crippen LogP contribution in [-0.4, -0.2) is 0 Å². The summed E-state index contributed by atoms with van der Waals surface area (Å²) in [5.74, 6) is 0. The number of benzene rings is 8. The Morgan fingerprint density at radius 3 is 1.52 bits per heavy atom. The molecule has 0 heterocycles. The summed E-state index contributed by atoms with van der Waals surface area (Å²) in [4.78, 5) is 0. The van der Waals surface area contributed by atoms with Crippen molar-refractivity contribution in [3.63, 3.8) is 0 Å². The summed E-state index contributed by atoms with van der Waals surface area (Å²) in [5, 5.41) is 10.5. The fourth-order valence-corrected chi connectivity index (χ4v) is 6.91. The van der Waals surface area contributed by atoms with Crippen LogP contribution < -0.4 is 0 Å². The zero-order chi connectivity index (χ0) is 26.2. The molecule has 8 aromatic carbocycles. The molecule has 1 aliphatic rings. The van der Waals surface area contributed by atoms with Crippen LogP contribution in [0.1, 0.15) is 0 Å². The summed E-state index contributed by atoms with van der Waals surface area (Å²) in [7, 11) is 0. The van der Waals surface area contributed by atoms with Gasteiger partial charge in [0.1, 0.15) is 0 Å². The maximum Gasteiger partial charge on any atom is -0.00199 e. The monoisotopic (exact) mass is 504 g/mol. The zero-order valence-electron chi connectivity index (χ0n) is 21.9. The van der Waals surface area contributed by atoms with Crippen LogP contribution in [0.3, 0.4) is 0 Å². The van der Waals surface area contributed by atoms with E-state index >= 15 is 0 Å². The van der Waals surface area contributed by atoms with Crippen LogP contribution in [0.25, 0.3) is 87.6 Å². The molecule has 184 valence electrons. The van der Waals surface area contributed by atoms with Crippen molar-refractivity contribution < 1.29 is 0 Å². The Balaban J connectivity index is 1.37. The lowest BCUT2D eigenvalue weighted by atomic mass is 9.89. The lowest BCUT2D eigenvalue weighted by Crippen LogP contribution is -1.88. The summed E-state index contributed by atoms with van der Waals surface area (Å²) in [6.45, 7) is 0. The molecule has 0 aliphatic heterocycles. The SMILES string of the molecule is c1ccc(-c2cc3cc4c(cc3cc2-c2ccccc2)-c2cc3c5ccccc5ccc3c3cccc-4c23)cc1. The molecule has 0 saturated heterocycles. The standard InChI is InChI=1S/C40H24/c1-3-10-25(11-4-1)34-20-28-22-36-33-17-9-16-32-31-19-18-27-14-7-8-15-30(27)38(31)24-39(40(32)33)37(36)23-29(28)21-35(34)26-12-5-2-6-13-26/h1-24H. The van der Waals surface area contributed by atoms with Gasteiger partial charge >= 0.3 is 0 Å². The second-order valence-electron chi connectivity index (χ2n) is 10.9. The summed E-state index contributed by atoms with van der Waals surface area (Å²) < 4.78 is 0. The maximum atomic E-state index is 2.44. The highest BCUT2D eigenvalue weighted by Crippen LogP contribution is 2.51. The van der Waals surface area contributed by atoms with E-state index < -0.39 is 0 Å². The number of rotatable bonds is 2. The molecular weight excluding hydrogens is 480 g/mol. The fraction of sp³-hybridized carbons (Fsp3) is 0. The molecule has 0 nitrogen and oxygen atoms in total. The van der Waals surface area contributed by atoms with Crippen LogP contribution in [0, 0.1) is 0 Å². The Labute approximate surface area is 232 Å². The van der Waals surface area contributed by atoms with Gasteiger partial charge in [0, 0.05) is 0 Å². The normalized spacial score (nSPS) is 12.0. The van der Waals surface area contributed by atoms with Gasteiger partial charge in [-0.1, -0.05) is 115 Å². The smallest absolute Gasteiger partial charge is 0.00199 e. The van der Waals surface area contributed by atoms with Gasteiger partial charge in [-0.3, -0.25) is 0 Å². The minimum Gasteiger partial charge on any atom is -0.0622 e. The first-order valence-corrected chi connectivity index (χ1v) is 13.9. The molecule has 0 fully saturated rings. The van der Waals surface area contributed by atoms with Gasteiger partial charge in [0.25, 0.3) is 0 Å². The Hall–Kier alpha value is -5.20. The van der Waals surface area contributed by atoms with Crippen molar-refractivity contribution in [2.75, 3.05) is 0 Å². The van der Waals surface area contributed by atoms with E-state index in [1.54, 1.807) is 0 Å². The Bertz CT molecular complexity index is 2290. The first-order chi connectivity index (χ1) is 19.8. The minimum absolute atomic E-state index is 1.24. The average molecular weight is 505 g/mol. The quantitative estimate of drug-likeness (QED) is 0.205. The van der Waals surface area contributed by atoms with Gasteiger partial charge in [0.2, 0.25) is 0 Å². The predicted octanol–water partition coefficient (Wildman–Crippen LogP) is 11.3. The van der Waals surface area contributed by atoms with Crippen LogP contribution in [0.4, 0.5) is 0 Å². The fourth-order valence-electron chi connectivity index (χ4n) is 6.91. The molecule has 0 unspecified atom stereocenters. The molecule has 40 heavy (non-hydrogen) atoms. The molecule has 0 N–H and O–H groups in total. The van der Waals surface area contributed by atoms with Crippen LogP contribution in [0.5, 0.6) is 0 Å². The van der Waals surface area contributed by atoms with Crippen molar-refractivity contribution in [3.05, 3.63) is 146 Å². The molecule has 1 aliphatic carbocycles. The van der Waals surface area contributed by atoms with Crippen LogP contribution in [-0.2, 0) is 0 Å². The van der Waals surface area contributed by atoms with Gasteiger partial charge < -0.3 is 0 Å². The van der Waals surface area contributed by atoms with E-state index in [4.69, 9.17) is 0 Å². The van der Waals surface area contributed by atoms with Crippen molar-refractivity contribution >= 4 is 43.1 Å². The van der Waals surface area contributed by atoms with Crippen molar-refractivity contribution in [1.29, 1.82) is 0 Å². The molecule has 0 aromatic heterocycles. The van der Waals surface area contributed by atoms with E-state index in [1.807, 2.05) is 0 Å². The van der Waals surface area contributed by atoms with Crippen molar-refractivity contribution in [1.82, 2.24) is 0 Å². The lowest BCUT2D eigenvalue weighted by Gasteiger charge is -2.14. The van der Waals surface area contributed by atoms with Gasteiger partial charge in [-0.2, -0.15) is 0 Å². The molecule has 8 aromatic rings. The van der Waals surface area contributed by atoms with Gasteiger partial charge in [0.05, 0.1) is 0 Å². The third kappa shape index (κ3) is 3.02. The predicted molar refractivity (Wildman–Crippen MR) is 172 cm³/mol. The average Bonchev–Trinajstić information content (AvgIpc) is 3.33.